The van der Waals surface area contributed by atoms with Crippen molar-refractivity contribution >= 4 is 5.91 Å². The fourth-order valence-corrected chi connectivity index (χ4v) is 3.23. The first kappa shape index (κ1) is 16.0. The van der Waals surface area contributed by atoms with Gasteiger partial charge in [0.05, 0.1) is 5.41 Å². The Labute approximate surface area is 136 Å². The van der Waals surface area contributed by atoms with E-state index in [0.717, 1.165) is 50.4 Å². The van der Waals surface area contributed by atoms with E-state index < -0.39 is 0 Å². The van der Waals surface area contributed by atoms with Crippen molar-refractivity contribution in [2.75, 3.05) is 26.8 Å². The molecule has 0 N–H and O–H groups in total. The molecule has 1 aliphatic heterocycles. The number of ether oxygens (including phenoxy) is 1. The van der Waals surface area contributed by atoms with E-state index in [1.807, 2.05) is 4.90 Å². The Morgan fingerprint density at radius 3 is 3.04 bits per heavy atom. The summed E-state index contributed by atoms with van der Waals surface area (Å²) in [5.41, 5.74) is -0.296. The number of hydrogen-bond donors (Lipinski definition) is 0. The van der Waals surface area contributed by atoms with Crippen LogP contribution in [0.25, 0.3) is 0 Å². The molecule has 6 nitrogen and oxygen atoms in total. The zero-order valence-corrected chi connectivity index (χ0v) is 13.8. The first-order valence-electron chi connectivity index (χ1n) is 8.23. The van der Waals surface area contributed by atoms with Gasteiger partial charge in [-0.2, -0.15) is 4.98 Å². The fourth-order valence-electron chi connectivity index (χ4n) is 3.23. The van der Waals surface area contributed by atoms with Crippen molar-refractivity contribution in [3.8, 4) is 11.8 Å². The molecular weight excluding hydrogens is 294 g/mol. The lowest BCUT2D eigenvalue weighted by atomic mass is 9.76. The number of carbonyl (C=O) groups excluding carboxylic acids is 1. The summed E-state index contributed by atoms with van der Waals surface area (Å²) in [6.07, 6.45) is 4.88. The summed E-state index contributed by atoms with van der Waals surface area (Å²) in [4.78, 5) is 18.6. The number of nitrogens with zero attached hydrogens (tertiary/aromatic N) is 3. The van der Waals surface area contributed by atoms with Crippen LogP contribution in [0, 0.1) is 11.8 Å². The van der Waals surface area contributed by atoms with Crippen LogP contribution in [-0.2, 0) is 14.9 Å². The van der Waals surface area contributed by atoms with E-state index in [0.29, 0.717) is 19.1 Å². The molecule has 0 spiro atoms. The molecule has 1 saturated heterocycles. The predicted molar refractivity (Wildman–Crippen MR) is 83.7 cm³/mol. The van der Waals surface area contributed by atoms with Gasteiger partial charge in [-0.25, -0.2) is 0 Å². The molecule has 1 amide bonds. The van der Waals surface area contributed by atoms with Crippen molar-refractivity contribution in [2.24, 2.45) is 0 Å². The molecule has 1 unspecified atom stereocenters. The summed E-state index contributed by atoms with van der Waals surface area (Å²) < 4.78 is 10.7. The summed E-state index contributed by atoms with van der Waals surface area (Å²) in [7, 11) is 1.69. The van der Waals surface area contributed by atoms with Gasteiger partial charge in [0.25, 0.3) is 5.91 Å². The minimum Gasteiger partial charge on any atom is -0.385 e. The second-order valence-corrected chi connectivity index (χ2v) is 6.46. The Balaban J connectivity index is 1.84. The van der Waals surface area contributed by atoms with Crippen LogP contribution in [0.15, 0.2) is 4.52 Å². The number of rotatable bonds is 5. The van der Waals surface area contributed by atoms with Crippen molar-refractivity contribution < 1.29 is 14.1 Å². The maximum atomic E-state index is 12.2. The molecule has 1 aliphatic carbocycles. The van der Waals surface area contributed by atoms with Gasteiger partial charge in [-0.1, -0.05) is 11.1 Å². The highest BCUT2D eigenvalue weighted by Gasteiger charge is 2.43. The quantitative estimate of drug-likeness (QED) is 0.776. The average Bonchev–Trinajstić information content (AvgIpc) is 3.30. The Bertz CT molecular complexity index is 627. The summed E-state index contributed by atoms with van der Waals surface area (Å²) in [5, 5.41) is 4.25. The van der Waals surface area contributed by atoms with Crippen molar-refractivity contribution in [1.82, 2.24) is 15.0 Å². The Morgan fingerprint density at radius 2 is 2.35 bits per heavy atom. The van der Waals surface area contributed by atoms with Crippen LogP contribution in [0.3, 0.4) is 0 Å². The molecule has 1 aromatic rings. The third-order valence-corrected chi connectivity index (χ3v) is 4.72. The lowest BCUT2D eigenvalue weighted by Gasteiger charge is -2.40. The standard InChI is InChI=1S/C17H23N3O3/c1-3-5-14(21)20-10-4-8-17(12-20,9-11-22-2)16-18-15(23-19-16)13-6-7-13/h13H,4,6-12H2,1-2H3. The first-order valence-corrected chi connectivity index (χ1v) is 8.23. The molecule has 0 aromatic carbocycles. The molecule has 2 fully saturated rings. The van der Waals surface area contributed by atoms with Crippen LogP contribution in [0.4, 0.5) is 0 Å². The van der Waals surface area contributed by atoms with Crippen LogP contribution in [0.2, 0.25) is 0 Å². The van der Waals surface area contributed by atoms with Gasteiger partial charge < -0.3 is 14.2 Å². The highest BCUT2D eigenvalue weighted by molar-refractivity contribution is 5.93. The lowest BCUT2D eigenvalue weighted by molar-refractivity contribution is -0.127. The molecule has 1 aromatic heterocycles. The minimum atomic E-state index is -0.296. The van der Waals surface area contributed by atoms with E-state index in [1.54, 1.807) is 14.0 Å². The number of piperidine rings is 1. The summed E-state index contributed by atoms with van der Waals surface area (Å²) in [5.74, 6) is 7.10. The van der Waals surface area contributed by atoms with Crippen molar-refractivity contribution in [1.29, 1.82) is 0 Å². The molecule has 2 aliphatic rings. The molecule has 0 bridgehead atoms. The van der Waals surface area contributed by atoms with E-state index >= 15 is 0 Å². The van der Waals surface area contributed by atoms with E-state index in [4.69, 9.17) is 9.26 Å². The number of amides is 1. The molecule has 23 heavy (non-hydrogen) atoms. The maximum absolute atomic E-state index is 12.2. The van der Waals surface area contributed by atoms with E-state index in [1.165, 1.54) is 0 Å². The Morgan fingerprint density at radius 1 is 1.52 bits per heavy atom. The number of carbonyl (C=O) groups is 1. The van der Waals surface area contributed by atoms with Crippen LogP contribution in [0.1, 0.15) is 56.7 Å². The number of aromatic nitrogens is 2. The first-order chi connectivity index (χ1) is 11.2. The van der Waals surface area contributed by atoms with Gasteiger partial charge in [0.1, 0.15) is 0 Å². The molecular formula is C17H23N3O3. The van der Waals surface area contributed by atoms with Gasteiger partial charge in [-0.3, -0.25) is 4.79 Å². The normalized spacial score (nSPS) is 24.2. The third-order valence-electron chi connectivity index (χ3n) is 4.72. The van der Waals surface area contributed by atoms with Gasteiger partial charge in [0, 0.05) is 32.7 Å². The molecule has 6 heteroatoms. The van der Waals surface area contributed by atoms with Crippen LogP contribution in [0.5, 0.6) is 0 Å². The summed E-state index contributed by atoms with van der Waals surface area (Å²) in [6, 6.07) is 0. The fraction of sp³-hybridized carbons (Fsp3) is 0.706. The zero-order valence-electron chi connectivity index (χ0n) is 13.8. The minimum absolute atomic E-state index is 0.125. The second-order valence-electron chi connectivity index (χ2n) is 6.46. The van der Waals surface area contributed by atoms with Gasteiger partial charge in [0.15, 0.2) is 5.82 Å². The smallest absolute Gasteiger partial charge is 0.298 e. The highest BCUT2D eigenvalue weighted by atomic mass is 16.5. The van der Waals surface area contributed by atoms with Gasteiger partial charge in [-0.05, 0) is 44.9 Å². The van der Waals surface area contributed by atoms with Crippen molar-refractivity contribution in [2.45, 2.75) is 50.4 Å². The monoisotopic (exact) mass is 317 g/mol. The van der Waals surface area contributed by atoms with E-state index in [9.17, 15) is 4.79 Å². The van der Waals surface area contributed by atoms with E-state index in [2.05, 4.69) is 22.0 Å². The molecule has 3 rings (SSSR count). The van der Waals surface area contributed by atoms with Crippen LogP contribution < -0.4 is 0 Å². The van der Waals surface area contributed by atoms with Crippen LogP contribution >= 0.6 is 0 Å². The van der Waals surface area contributed by atoms with Gasteiger partial charge in [0.2, 0.25) is 5.89 Å². The Hall–Kier alpha value is -1.87. The lowest BCUT2D eigenvalue weighted by Crippen LogP contribution is -2.49. The largest absolute Gasteiger partial charge is 0.385 e. The second kappa shape index (κ2) is 6.71. The third kappa shape index (κ3) is 3.40. The average molecular weight is 317 g/mol. The maximum Gasteiger partial charge on any atom is 0.298 e. The SMILES string of the molecule is CC#CC(=O)N1CCCC(CCOC)(c2noc(C3CC3)n2)C1. The summed E-state index contributed by atoms with van der Waals surface area (Å²) in [6.45, 7) is 3.60. The van der Waals surface area contributed by atoms with Gasteiger partial charge >= 0.3 is 0 Å². The zero-order chi connectivity index (χ0) is 16.3. The summed E-state index contributed by atoms with van der Waals surface area (Å²) >= 11 is 0. The topological polar surface area (TPSA) is 68.5 Å². The molecule has 124 valence electrons. The molecule has 2 heterocycles. The van der Waals surface area contributed by atoms with Gasteiger partial charge in [-0.15, -0.1) is 0 Å². The predicted octanol–water partition coefficient (Wildman–Crippen LogP) is 1.87. The van der Waals surface area contributed by atoms with Crippen molar-refractivity contribution in [3.63, 3.8) is 0 Å². The molecule has 1 atom stereocenters. The molecule has 0 radical (unpaired) electrons. The van der Waals surface area contributed by atoms with E-state index in [-0.39, 0.29) is 11.3 Å². The van der Waals surface area contributed by atoms with Crippen molar-refractivity contribution in [3.05, 3.63) is 11.7 Å². The molecule has 1 saturated carbocycles. The Kier molecular flexibility index (Phi) is 4.67. The number of likely N-dealkylation sites (tertiary alicyclic amines) is 1. The number of methoxy groups -OCH3 is 1. The van der Waals surface area contributed by atoms with Crippen LogP contribution in [-0.4, -0.2) is 47.8 Å². The highest BCUT2D eigenvalue weighted by Crippen LogP contribution is 2.41. The number of hydrogen-bond acceptors (Lipinski definition) is 5.